The van der Waals surface area contributed by atoms with Gasteiger partial charge < -0.3 is 49.7 Å². The van der Waals surface area contributed by atoms with E-state index in [2.05, 4.69) is 38.6 Å². The third kappa shape index (κ3) is 13.6. The molecule has 0 aliphatic heterocycles. The van der Waals surface area contributed by atoms with Crippen LogP contribution < -0.4 is 44.6 Å². The van der Waals surface area contributed by atoms with E-state index in [1.807, 2.05) is 0 Å². The first-order valence-electron chi connectivity index (χ1n) is 11.4. The van der Waals surface area contributed by atoms with E-state index in [-0.39, 0.29) is 43.0 Å². The molecule has 0 fully saturated rings. The van der Waals surface area contributed by atoms with Gasteiger partial charge in [0.25, 0.3) is 0 Å². The number of nitrogens with zero attached hydrogens (tertiary/aromatic N) is 2. The number of carboxylic acid groups (broad SMARTS) is 1. The molecule has 3 amide bonds. The van der Waals surface area contributed by atoms with Gasteiger partial charge in [-0.05, 0) is 31.6 Å². The van der Waals surface area contributed by atoms with Crippen molar-refractivity contribution in [2.24, 2.45) is 44.6 Å². The number of aliphatic imine (C=N–C) groups is 2. The van der Waals surface area contributed by atoms with E-state index in [9.17, 15) is 24.3 Å². The highest BCUT2D eigenvalue weighted by molar-refractivity contribution is 7.80. The maximum Gasteiger partial charge on any atom is 0.326 e. The molecule has 206 valence electrons. The molecule has 0 rings (SSSR count). The maximum atomic E-state index is 12.9. The normalized spacial score (nSPS) is 14.0. The standard InChI is InChI=1S/C20H40N10O5S/c1-10(2)14(30-15(31)11(21)5-3-7-26-19(22)23)17(33)29-13(9-36)16(32)28-12(18(34)35)6-4-8-27-20(24)25/h10-14,36H,3-9,21H2,1-2H3,(H,28,32)(H,29,33)(H,30,31)(H,34,35)(H4,22,23,26)(H4,24,25,27). The summed E-state index contributed by atoms with van der Waals surface area (Å²) in [7, 11) is 0. The zero-order chi connectivity index (χ0) is 27.8. The second-order valence-corrected chi connectivity index (χ2v) is 8.74. The zero-order valence-corrected chi connectivity index (χ0v) is 21.5. The van der Waals surface area contributed by atoms with Crippen molar-refractivity contribution in [1.29, 1.82) is 0 Å². The van der Waals surface area contributed by atoms with Crippen LogP contribution in [0.25, 0.3) is 0 Å². The monoisotopic (exact) mass is 532 g/mol. The fourth-order valence-corrected chi connectivity index (χ4v) is 3.19. The Morgan fingerprint density at radius 3 is 1.75 bits per heavy atom. The predicted octanol–water partition coefficient (Wildman–Crippen LogP) is -3.45. The Labute approximate surface area is 215 Å². The number of amides is 3. The van der Waals surface area contributed by atoms with E-state index >= 15 is 0 Å². The first-order chi connectivity index (χ1) is 16.8. The van der Waals surface area contributed by atoms with E-state index in [1.165, 1.54) is 0 Å². The van der Waals surface area contributed by atoms with Crippen molar-refractivity contribution in [3.05, 3.63) is 0 Å². The van der Waals surface area contributed by atoms with Crippen LogP contribution in [-0.2, 0) is 19.2 Å². The average molecular weight is 533 g/mol. The number of carbonyl (C=O) groups is 4. The van der Waals surface area contributed by atoms with Crippen molar-refractivity contribution >= 4 is 48.2 Å². The van der Waals surface area contributed by atoms with Crippen molar-refractivity contribution in [3.63, 3.8) is 0 Å². The Morgan fingerprint density at radius 1 is 0.806 bits per heavy atom. The minimum Gasteiger partial charge on any atom is -0.480 e. The molecule has 0 spiro atoms. The number of nitrogens with two attached hydrogens (primary N) is 5. The summed E-state index contributed by atoms with van der Waals surface area (Å²) in [4.78, 5) is 57.1. The van der Waals surface area contributed by atoms with E-state index in [4.69, 9.17) is 28.7 Å². The molecule has 0 aliphatic rings. The van der Waals surface area contributed by atoms with Crippen LogP contribution in [0.1, 0.15) is 39.5 Å². The van der Waals surface area contributed by atoms with E-state index in [1.54, 1.807) is 13.8 Å². The van der Waals surface area contributed by atoms with Gasteiger partial charge in [-0.25, -0.2) is 4.79 Å². The van der Waals surface area contributed by atoms with Crippen LogP contribution in [-0.4, -0.2) is 83.7 Å². The van der Waals surface area contributed by atoms with Crippen LogP contribution in [0.3, 0.4) is 0 Å². The molecule has 4 unspecified atom stereocenters. The first kappa shape index (κ1) is 32.7. The van der Waals surface area contributed by atoms with Crippen LogP contribution >= 0.6 is 12.6 Å². The quantitative estimate of drug-likeness (QED) is 0.0382. The summed E-state index contributed by atoms with van der Waals surface area (Å²) in [5.74, 6) is -3.81. The Morgan fingerprint density at radius 2 is 1.31 bits per heavy atom. The Hall–Kier alpha value is -3.27. The summed E-state index contributed by atoms with van der Waals surface area (Å²) >= 11 is 4.09. The van der Waals surface area contributed by atoms with Crippen molar-refractivity contribution in [1.82, 2.24) is 16.0 Å². The third-order valence-electron chi connectivity index (χ3n) is 4.93. The molecule has 0 aromatic heterocycles. The summed E-state index contributed by atoms with van der Waals surface area (Å²) in [6, 6.07) is -4.26. The SMILES string of the molecule is CC(C)C(NC(=O)C(N)CCCN=C(N)N)C(=O)NC(CS)C(=O)NC(CCCN=C(N)N)C(=O)O. The van der Waals surface area contributed by atoms with Crippen molar-refractivity contribution in [2.45, 2.75) is 63.7 Å². The highest BCUT2D eigenvalue weighted by atomic mass is 32.1. The van der Waals surface area contributed by atoms with Crippen LogP contribution in [0.2, 0.25) is 0 Å². The second-order valence-electron chi connectivity index (χ2n) is 8.38. The average Bonchev–Trinajstić information content (AvgIpc) is 2.79. The molecule has 0 aliphatic carbocycles. The number of aliphatic carboxylic acids is 1. The Balaban J connectivity index is 5.06. The molecule has 36 heavy (non-hydrogen) atoms. The fourth-order valence-electron chi connectivity index (χ4n) is 2.93. The lowest BCUT2D eigenvalue weighted by Crippen LogP contribution is -2.58. The predicted molar refractivity (Wildman–Crippen MR) is 140 cm³/mol. The van der Waals surface area contributed by atoms with Gasteiger partial charge in [-0.3, -0.25) is 24.4 Å². The second kappa shape index (κ2) is 17.2. The highest BCUT2D eigenvalue weighted by Gasteiger charge is 2.31. The van der Waals surface area contributed by atoms with Gasteiger partial charge in [0.05, 0.1) is 6.04 Å². The molecule has 0 aromatic carbocycles. The van der Waals surface area contributed by atoms with Gasteiger partial charge >= 0.3 is 5.97 Å². The zero-order valence-electron chi connectivity index (χ0n) is 20.6. The molecule has 14 N–H and O–H groups in total. The maximum absolute atomic E-state index is 12.9. The summed E-state index contributed by atoms with van der Waals surface area (Å²) < 4.78 is 0. The van der Waals surface area contributed by atoms with Crippen molar-refractivity contribution < 1.29 is 24.3 Å². The summed E-state index contributed by atoms with van der Waals surface area (Å²) in [6.07, 6.45) is 1.12. The number of rotatable bonds is 17. The molecule has 4 atom stereocenters. The Bertz CT molecular complexity index is 800. The number of hydrogen-bond donors (Lipinski definition) is 10. The lowest BCUT2D eigenvalue weighted by atomic mass is 10.0. The summed E-state index contributed by atoms with van der Waals surface area (Å²) in [5.41, 5.74) is 26.9. The van der Waals surface area contributed by atoms with Gasteiger partial charge in [-0.2, -0.15) is 12.6 Å². The molecule has 15 nitrogen and oxygen atoms in total. The van der Waals surface area contributed by atoms with Gasteiger partial charge in [0.2, 0.25) is 17.7 Å². The number of carbonyl (C=O) groups excluding carboxylic acids is 3. The summed E-state index contributed by atoms with van der Waals surface area (Å²) in [5, 5.41) is 16.9. The van der Waals surface area contributed by atoms with E-state index < -0.39 is 47.9 Å². The number of carboxylic acids is 1. The molecule has 0 aromatic rings. The largest absolute Gasteiger partial charge is 0.480 e. The van der Waals surface area contributed by atoms with Crippen LogP contribution in [0, 0.1) is 5.92 Å². The minimum atomic E-state index is -1.25. The molecule has 0 bridgehead atoms. The van der Waals surface area contributed by atoms with Gasteiger partial charge in [0, 0.05) is 18.8 Å². The van der Waals surface area contributed by atoms with Gasteiger partial charge in [-0.15, -0.1) is 0 Å². The van der Waals surface area contributed by atoms with Gasteiger partial charge in [-0.1, -0.05) is 13.8 Å². The first-order valence-corrected chi connectivity index (χ1v) is 12.0. The Kier molecular flexibility index (Phi) is 15.6. The van der Waals surface area contributed by atoms with Gasteiger partial charge in [0.1, 0.15) is 18.1 Å². The minimum absolute atomic E-state index is 0.0621. The molecule has 16 heteroatoms. The number of thiol groups is 1. The van der Waals surface area contributed by atoms with E-state index in [0.29, 0.717) is 19.4 Å². The van der Waals surface area contributed by atoms with Crippen molar-refractivity contribution in [3.8, 4) is 0 Å². The third-order valence-corrected chi connectivity index (χ3v) is 5.29. The molecule has 0 saturated carbocycles. The molecule has 0 radical (unpaired) electrons. The summed E-state index contributed by atoms with van der Waals surface area (Å²) in [6.45, 7) is 3.92. The number of guanidine groups is 2. The number of nitrogens with one attached hydrogen (secondary N) is 3. The molecule has 0 saturated heterocycles. The molecule has 0 heterocycles. The molecular formula is C20H40N10O5S. The van der Waals surface area contributed by atoms with Crippen LogP contribution in [0.5, 0.6) is 0 Å². The fraction of sp³-hybridized carbons (Fsp3) is 0.700. The van der Waals surface area contributed by atoms with Crippen LogP contribution in [0.4, 0.5) is 0 Å². The smallest absolute Gasteiger partial charge is 0.326 e. The molecular weight excluding hydrogens is 492 g/mol. The lowest BCUT2D eigenvalue weighted by Gasteiger charge is -2.26. The number of hydrogen-bond acceptors (Lipinski definition) is 8. The van der Waals surface area contributed by atoms with Crippen molar-refractivity contribution in [2.75, 3.05) is 18.8 Å². The van der Waals surface area contributed by atoms with E-state index in [0.717, 1.165) is 0 Å². The topological polar surface area (TPSA) is 279 Å². The highest BCUT2D eigenvalue weighted by Crippen LogP contribution is 2.06. The van der Waals surface area contributed by atoms with Crippen LogP contribution in [0.15, 0.2) is 9.98 Å². The van der Waals surface area contributed by atoms with Gasteiger partial charge in [0.15, 0.2) is 11.9 Å². The lowest BCUT2D eigenvalue weighted by molar-refractivity contribution is -0.142.